The number of benzene rings is 1. The summed E-state index contributed by atoms with van der Waals surface area (Å²) < 4.78 is 0. The molecule has 3 rings (SSSR count). The smallest absolute Gasteiger partial charge is 0.220 e. The average molecular weight is 300 g/mol. The fraction of sp³-hybridized carbons (Fsp3) is 0.529. The van der Waals surface area contributed by atoms with Crippen molar-refractivity contribution in [2.75, 3.05) is 20.1 Å². The average Bonchev–Trinajstić information content (AvgIpc) is 3.00. The van der Waals surface area contributed by atoms with E-state index in [1.807, 2.05) is 18.2 Å². The molecule has 0 saturated carbocycles. The number of amides is 1. The van der Waals surface area contributed by atoms with E-state index in [9.17, 15) is 4.79 Å². The Morgan fingerprint density at radius 2 is 2.23 bits per heavy atom. The normalized spacial score (nSPS) is 17.0. The largest absolute Gasteiger partial charge is 0.352 e. The summed E-state index contributed by atoms with van der Waals surface area (Å²) in [6.07, 6.45) is 5.79. The Labute approximate surface area is 131 Å². The number of aromatic nitrogens is 2. The van der Waals surface area contributed by atoms with Gasteiger partial charge in [0.25, 0.3) is 0 Å². The van der Waals surface area contributed by atoms with Crippen LogP contribution in [0.25, 0.3) is 11.0 Å². The van der Waals surface area contributed by atoms with Crippen LogP contribution in [0.2, 0.25) is 0 Å². The first-order chi connectivity index (χ1) is 10.7. The highest BCUT2D eigenvalue weighted by Gasteiger charge is 2.17. The van der Waals surface area contributed by atoms with E-state index in [1.165, 1.54) is 12.8 Å². The summed E-state index contributed by atoms with van der Waals surface area (Å²) in [6, 6.07) is 6.03. The van der Waals surface area contributed by atoms with E-state index < -0.39 is 0 Å². The highest BCUT2D eigenvalue weighted by atomic mass is 16.1. The lowest BCUT2D eigenvalue weighted by atomic mass is 9.92. The number of nitrogens with zero attached hydrogens (tertiary/aromatic N) is 2. The lowest BCUT2D eigenvalue weighted by Gasteiger charge is -2.28. The van der Waals surface area contributed by atoms with E-state index in [4.69, 9.17) is 0 Å². The van der Waals surface area contributed by atoms with Gasteiger partial charge >= 0.3 is 0 Å². The van der Waals surface area contributed by atoms with Gasteiger partial charge in [-0.3, -0.25) is 4.79 Å². The topological polar surface area (TPSA) is 61.0 Å². The Balaban J connectivity index is 1.42. The molecule has 1 saturated heterocycles. The number of hydrogen-bond acceptors (Lipinski definition) is 3. The minimum Gasteiger partial charge on any atom is -0.352 e. The molecule has 5 nitrogen and oxygen atoms in total. The number of fused-ring (bicyclic) bond motifs is 1. The van der Waals surface area contributed by atoms with Crippen LogP contribution in [0.4, 0.5) is 0 Å². The molecule has 5 heteroatoms. The van der Waals surface area contributed by atoms with Gasteiger partial charge in [0.2, 0.25) is 5.91 Å². The zero-order valence-corrected chi connectivity index (χ0v) is 13.1. The van der Waals surface area contributed by atoms with Crippen LogP contribution in [0.5, 0.6) is 0 Å². The number of likely N-dealkylation sites (tertiary alicyclic amines) is 1. The molecule has 0 bridgehead atoms. The third-order valence-electron chi connectivity index (χ3n) is 4.59. The van der Waals surface area contributed by atoms with Crippen molar-refractivity contribution in [2.45, 2.75) is 32.2 Å². The van der Waals surface area contributed by atoms with E-state index >= 15 is 0 Å². The Morgan fingerprint density at radius 3 is 3.05 bits per heavy atom. The first-order valence-electron chi connectivity index (χ1n) is 8.08. The third-order valence-corrected chi connectivity index (χ3v) is 4.59. The van der Waals surface area contributed by atoms with Crippen molar-refractivity contribution in [3.8, 4) is 0 Å². The number of rotatable bonds is 5. The molecule has 1 fully saturated rings. The van der Waals surface area contributed by atoms with Crippen LogP contribution in [0, 0.1) is 5.92 Å². The van der Waals surface area contributed by atoms with Gasteiger partial charge in [-0.15, -0.1) is 0 Å². The van der Waals surface area contributed by atoms with Gasteiger partial charge in [0, 0.05) is 13.0 Å². The second kappa shape index (κ2) is 6.92. The lowest BCUT2D eigenvalue weighted by Crippen LogP contribution is -2.31. The standard InChI is InChI=1S/C17H24N4O/c1-21-8-6-13(7-9-21)3-5-17(22)18-11-14-2-4-15-16(10-14)20-12-19-15/h2,4,10,12-13H,3,5-9,11H2,1H3,(H,18,22)(H,19,20). The quantitative estimate of drug-likeness (QED) is 0.890. The number of imidazole rings is 1. The number of H-pyrrole nitrogens is 1. The fourth-order valence-corrected chi connectivity index (χ4v) is 3.07. The molecule has 1 aliphatic rings. The summed E-state index contributed by atoms with van der Waals surface area (Å²) in [5, 5.41) is 3.02. The third kappa shape index (κ3) is 3.85. The summed E-state index contributed by atoms with van der Waals surface area (Å²) in [6.45, 7) is 2.91. The zero-order chi connectivity index (χ0) is 15.4. The first kappa shape index (κ1) is 15.0. The molecule has 118 valence electrons. The predicted octanol–water partition coefficient (Wildman–Crippen LogP) is 2.30. The van der Waals surface area contributed by atoms with Gasteiger partial charge in [0.15, 0.2) is 0 Å². The first-order valence-corrected chi connectivity index (χ1v) is 8.08. The van der Waals surface area contributed by atoms with Gasteiger partial charge in [0.1, 0.15) is 0 Å². The second-order valence-electron chi connectivity index (χ2n) is 6.32. The molecule has 1 aromatic heterocycles. The minimum absolute atomic E-state index is 0.156. The summed E-state index contributed by atoms with van der Waals surface area (Å²) >= 11 is 0. The number of hydrogen-bond donors (Lipinski definition) is 2. The van der Waals surface area contributed by atoms with Gasteiger partial charge < -0.3 is 15.2 Å². The summed E-state index contributed by atoms with van der Waals surface area (Å²) in [5.74, 6) is 0.868. The SMILES string of the molecule is CN1CCC(CCC(=O)NCc2ccc3nc[nH]c3c2)CC1. The van der Waals surface area contributed by atoms with Crippen LogP contribution < -0.4 is 5.32 Å². The predicted molar refractivity (Wildman–Crippen MR) is 87.4 cm³/mol. The molecule has 0 aliphatic carbocycles. The van der Waals surface area contributed by atoms with Gasteiger partial charge in [-0.1, -0.05) is 6.07 Å². The van der Waals surface area contributed by atoms with Crippen LogP contribution in [0.1, 0.15) is 31.2 Å². The molecule has 22 heavy (non-hydrogen) atoms. The summed E-state index contributed by atoms with van der Waals surface area (Å²) in [4.78, 5) is 21.6. The van der Waals surface area contributed by atoms with E-state index in [2.05, 4.69) is 27.2 Å². The second-order valence-corrected chi connectivity index (χ2v) is 6.32. The maximum Gasteiger partial charge on any atom is 0.220 e. The number of nitrogens with one attached hydrogen (secondary N) is 2. The lowest BCUT2D eigenvalue weighted by molar-refractivity contribution is -0.121. The number of piperidine rings is 1. The van der Waals surface area contributed by atoms with Crippen molar-refractivity contribution in [3.63, 3.8) is 0 Å². The summed E-state index contributed by atoms with van der Waals surface area (Å²) in [7, 11) is 2.17. The number of aromatic amines is 1. The van der Waals surface area contributed by atoms with Crippen molar-refractivity contribution < 1.29 is 4.79 Å². The van der Waals surface area contributed by atoms with Crippen LogP contribution >= 0.6 is 0 Å². The van der Waals surface area contributed by atoms with Crippen molar-refractivity contribution in [1.29, 1.82) is 0 Å². The molecule has 2 N–H and O–H groups in total. The molecule has 1 amide bonds. The van der Waals surface area contributed by atoms with Crippen molar-refractivity contribution in [3.05, 3.63) is 30.1 Å². The van der Waals surface area contributed by atoms with Crippen LogP contribution in [-0.4, -0.2) is 40.9 Å². The molecule has 0 radical (unpaired) electrons. The highest BCUT2D eigenvalue weighted by Crippen LogP contribution is 2.20. The molecular formula is C17H24N4O. The van der Waals surface area contributed by atoms with Crippen molar-refractivity contribution in [1.82, 2.24) is 20.2 Å². The van der Waals surface area contributed by atoms with Gasteiger partial charge in [0.05, 0.1) is 17.4 Å². The van der Waals surface area contributed by atoms with Gasteiger partial charge in [-0.2, -0.15) is 0 Å². The van der Waals surface area contributed by atoms with Crippen LogP contribution in [0.15, 0.2) is 24.5 Å². The number of carbonyl (C=O) groups is 1. The molecule has 0 atom stereocenters. The Hall–Kier alpha value is -1.88. The molecule has 2 heterocycles. The van der Waals surface area contributed by atoms with E-state index in [1.54, 1.807) is 6.33 Å². The minimum atomic E-state index is 0.156. The van der Waals surface area contributed by atoms with Crippen LogP contribution in [0.3, 0.4) is 0 Å². The molecule has 1 aromatic carbocycles. The fourth-order valence-electron chi connectivity index (χ4n) is 3.07. The molecule has 0 spiro atoms. The van der Waals surface area contributed by atoms with Crippen molar-refractivity contribution in [2.24, 2.45) is 5.92 Å². The Kier molecular flexibility index (Phi) is 4.73. The van der Waals surface area contributed by atoms with Gasteiger partial charge in [-0.25, -0.2) is 4.98 Å². The van der Waals surface area contributed by atoms with E-state index in [0.29, 0.717) is 18.9 Å². The summed E-state index contributed by atoms with van der Waals surface area (Å²) in [5.41, 5.74) is 3.07. The van der Waals surface area contributed by atoms with Crippen LogP contribution in [-0.2, 0) is 11.3 Å². The van der Waals surface area contributed by atoms with E-state index in [0.717, 1.165) is 36.1 Å². The Morgan fingerprint density at radius 1 is 1.41 bits per heavy atom. The number of carbonyl (C=O) groups excluding carboxylic acids is 1. The molecule has 2 aromatic rings. The Bertz CT molecular complexity index is 628. The maximum absolute atomic E-state index is 12.0. The maximum atomic E-state index is 12.0. The highest BCUT2D eigenvalue weighted by molar-refractivity contribution is 5.77. The molecule has 1 aliphatic heterocycles. The molecular weight excluding hydrogens is 276 g/mol. The van der Waals surface area contributed by atoms with E-state index in [-0.39, 0.29) is 5.91 Å². The molecule has 0 unspecified atom stereocenters. The monoisotopic (exact) mass is 300 g/mol. The van der Waals surface area contributed by atoms with Crippen molar-refractivity contribution >= 4 is 16.9 Å². The van der Waals surface area contributed by atoms with Gasteiger partial charge in [-0.05, 0) is 63.0 Å². The zero-order valence-electron chi connectivity index (χ0n) is 13.1.